The van der Waals surface area contributed by atoms with Crippen LogP contribution in [0.15, 0.2) is 0 Å². The summed E-state index contributed by atoms with van der Waals surface area (Å²) in [7, 11) is 0. The molecule has 2 unspecified atom stereocenters. The third-order valence-electron chi connectivity index (χ3n) is 3.87. The van der Waals surface area contributed by atoms with Gasteiger partial charge in [0.2, 0.25) is 0 Å². The molecule has 1 saturated carbocycles. The summed E-state index contributed by atoms with van der Waals surface area (Å²) in [4.78, 5) is 0. The van der Waals surface area contributed by atoms with Crippen molar-refractivity contribution >= 4 is 0 Å². The topological polar surface area (TPSA) is 41.5 Å². The molecule has 0 aromatic heterocycles. The van der Waals surface area contributed by atoms with Gasteiger partial charge in [-0.15, -0.1) is 0 Å². The summed E-state index contributed by atoms with van der Waals surface area (Å²) < 4.78 is 5.69. The van der Waals surface area contributed by atoms with Gasteiger partial charge in [0.25, 0.3) is 0 Å². The summed E-state index contributed by atoms with van der Waals surface area (Å²) in [6.07, 6.45) is 8.85. The second-order valence-electron chi connectivity index (χ2n) is 6.52. The Hall–Kier alpha value is -0.120. The molecule has 1 fully saturated rings. The van der Waals surface area contributed by atoms with E-state index in [4.69, 9.17) is 4.74 Å². The zero-order chi connectivity index (χ0) is 14.1. The predicted molar refractivity (Wildman–Crippen MR) is 80.4 cm³/mol. The van der Waals surface area contributed by atoms with Crippen LogP contribution in [-0.4, -0.2) is 36.5 Å². The van der Waals surface area contributed by atoms with Crippen LogP contribution in [0.25, 0.3) is 0 Å². The van der Waals surface area contributed by atoms with Crippen molar-refractivity contribution in [2.75, 3.05) is 13.2 Å². The number of nitrogens with one attached hydrogen (secondary N) is 1. The van der Waals surface area contributed by atoms with E-state index >= 15 is 0 Å². The Morgan fingerprint density at radius 2 is 1.74 bits per heavy atom. The van der Waals surface area contributed by atoms with E-state index in [9.17, 15) is 5.11 Å². The van der Waals surface area contributed by atoms with Crippen LogP contribution in [0.3, 0.4) is 0 Å². The number of aliphatic hydroxyl groups is 1. The van der Waals surface area contributed by atoms with Crippen molar-refractivity contribution in [1.29, 1.82) is 0 Å². The molecule has 0 saturated heterocycles. The van der Waals surface area contributed by atoms with Crippen LogP contribution in [0.1, 0.15) is 65.7 Å². The van der Waals surface area contributed by atoms with E-state index in [1.165, 1.54) is 38.5 Å². The Kier molecular flexibility index (Phi) is 8.67. The Morgan fingerprint density at radius 1 is 1.11 bits per heavy atom. The van der Waals surface area contributed by atoms with Crippen LogP contribution < -0.4 is 5.32 Å². The van der Waals surface area contributed by atoms with Gasteiger partial charge in [0.15, 0.2) is 0 Å². The van der Waals surface area contributed by atoms with Gasteiger partial charge >= 0.3 is 0 Å². The van der Waals surface area contributed by atoms with Crippen molar-refractivity contribution in [1.82, 2.24) is 5.32 Å². The molecule has 0 heterocycles. The molecule has 0 spiro atoms. The van der Waals surface area contributed by atoms with Gasteiger partial charge in [0, 0.05) is 12.6 Å². The fraction of sp³-hybridized carbons (Fsp3) is 1.00. The first kappa shape index (κ1) is 16.9. The van der Waals surface area contributed by atoms with E-state index in [1.807, 2.05) is 0 Å². The first-order chi connectivity index (χ1) is 9.08. The maximum Gasteiger partial charge on any atom is 0.0897 e. The molecule has 2 N–H and O–H groups in total. The molecule has 3 heteroatoms. The van der Waals surface area contributed by atoms with E-state index < -0.39 is 0 Å². The number of hydrogen-bond donors (Lipinski definition) is 2. The van der Waals surface area contributed by atoms with Gasteiger partial charge in [0.1, 0.15) is 0 Å². The van der Waals surface area contributed by atoms with E-state index in [1.54, 1.807) is 0 Å². The van der Waals surface area contributed by atoms with Gasteiger partial charge in [-0.3, -0.25) is 0 Å². The number of hydrogen-bond acceptors (Lipinski definition) is 3. The number of aliphatic hydroxyl groups excluding tert-OH is 1. The van der Waals surface area contributed by atoms with E-state index in [0.717, 1.165) is 6.42 Å². The van der Waals surface area contributed by atoms with Crippen molar-refractivity contribution in [2.45, 2.75) is 84.0 Å². The Labute approximate surface area is 119 Å². The van der Waals surface area contributed by atoms with Crippen molar-refractivity contribution in [3.05, 3.63) is 0 Å². The van der Waals surface area contributed by atoms with E-state index in [-0.39, 0.29) is 12.2 Å². The highest BCUT2D eigenvalue weighted by molar-refractivity contribution is 4.72. The molecule has 1 aliphatic carbocycles. The van der Waals surface area contributed by atoms with E-state index in [0.29, 0.717) is 25.1 Å². The molecule has 0 bridgehead atoms. The first-order valence-electron chi connectivity index (χ1n) is 8.11. The molecular weight excluding hydrogens is 238 g/mol. The second-order valence-corrected chi connectivity index (χ2v) is 6.52. The van der Waals surface area contributed by atoms with Gasteiger partial charge in [0.05, 0.1) is 18.8 Å². The average molecular weight is 271 g/mol. The minimum atomic E-state index is -0.377. The lowest BCUT2D eigenvalue weighted by molar-refractivity contribution is -0.00939. The summed E-state index contributed by atoms with van der Waals surface area (Å²) in [5.41, 5.74) is 0. The van der Waals surface area contributed by atoms with Gasteiger partial charge in [-0.05, 0) is 32.1 Å². The predicted octanol–water partition coefficient (Wildman–Crippen LogP) is 3.11. The zero-order valence-corrected chi connectivity index (χ0v) is 13.0. The molecule has 0 aliphatic heterocycles. The summed E-state index contributed by atoms with van der Waals surface area (Å²) in [5, 5.41) is 13.4. The molecule has 3 nitrogen and oxygen atoms in total. The zero-order valence-electron chi connectivity index (χ0n) is 13.0. The summed E-state index contributed by atoms with van der Waals surface area (Å²) in [6.45, 7) is 7.60. The molecule has 114 valence electrons. The molecule has 1 aliphatic rings. The number of rotatable bonds is 8. The van der Waals surface area contributed by atoms with Crippen LogP contribution in [0.5, 0.6) is 0 Å². The Bertz CT molecular complexity index is 213. The molecule has 0 aromatic carbocycles. The third-order valence-corrected chi connectivity index (χ3v) is 3.87. The highest BCUT2D eigenvalue weighted by Gasteiger charge is 2.14. The molecule has 1 rings (SSSR count). The summed E-state index contributed by atoms with van der Waals surface area (Å²) in [5.74, 6) is 0.649. The van der Waals surface area contributed by atoms with Crippen LogP contribution in [0.4, 0.5) is 0 Å². The second kappa shape index (κ2) is 9.73. The SMILES string of the molecule is CC(C)CC(C)OCC(O)CNC1CCCCCC1. The highest BCUT2D eigenvalue weighted by atomic mass is 16.5. The van der Waals surface area contributed by atoms with Crippen molar-refractivity contribution in [2.24, 2.45) is 5.92 Å². The van der Waals surface area contributed by atoms with Crippen molar-refractivity contribution in [3.63, 3.8) is 0 Å². The molecule has 0 aromatic rings. The van der Waals surface area contributed by atoms with Crippen LogP contribution in [-0.2, 0) is 4.74 Å². The smallest absolute Gasteiger partial charge is 0.0897 e. The van der Waals surface area contributed by atoms with Gasteiger partial charge in [-0.2, -0.15) is 0 Å². The van der Waals surface area contributed by atoms with Gasteiger partial charge in [-0.25, -0.2) is 0 Å². The minimum absolute atomic E-state index is 0.243. The first-order valence-corrected chi connectivity index (χ1v) is 8.11. The standard InChI is InChI=1S/C16H33NO2/c1-13(2)10-14(3)19-12-16(18)11-17-15-8-6-4-5-7-9-15/h13-18H,4-12H2,1-3H3. The maximum absolute atomic E-state index is 9.95. The average Bonchev–Trinajstić information content (AvgIpc) is 2.61. The fourth-order valence-electron chi connectivity index (χ4n) is 2.85. The van der Waals surface area contributed by atoms with Crippen molar-refractivity contribution in [3.8, 4) is 0 Å². The molecule has 19 heavy (non-hydrogen) atoms. The van der Waals surface area contributed by atoms with Crippen LogP contribution in [0.2, 0.25) is 0 Å². The Morgan fingerprint density at radius 3 is 2.32 bits per heavy atom. The fourth-order valence-corrected chi connectivity index (χ4v) is 2.85. The van der Waals surface area contributed by atoms with Crippen LogP contribution in [0, 0.1) is 5.92 Å². The van der Waals surface area contributed by atoms with Crippen molar-refractivity contribution < 1.29 is 9.84 Å². The summed E-state index contributed by atoms with van der Waals surface area (Å²) in [6, 6.07) is 0.602. The normalized spacial score (nSPS) is 21.3. The van der Waals surface area contributed by atoms with Gasteiger partial charge in [-0.1, -0.05) is 39.5 Å². The summed E-state index contributed by atoms with van der Waals surface area (Å²) >= 11 is 0. The lowest BCUT2D eigenvalue weighted by Gasteiger charge is -2.21. The lowest BCUT2D eigenvalue weighted by Crippen LogP contribution is -2.37. The quantitative estimate of drug-likeness (QED) is 0.667. The van der Waals surface area contributed by atoms with Gasteiger partial charge < -0.3 is 15.2 Å². The monoisotopic (exact) mass is 271 g/mol. The number of ether oxygens (including phenoxy) is 1. The lowest BCUT2D eigenvalue weighted by atomic mass is 10.1. The maximum atomic E-state index is 9.95. The minimum Gasteiger partial charge on any atom is -0.389 e. The molecule has 0 radical (unpaired) electrons. The molecule has 0 amide bonds. The Balaban J connectivity index is 2.08. The third kappa shape index (κ3) is 8.61. The largest absolute Gasteiger partial charge is 0.389 e. The van der Waals surface area contributed by atoms with E-state index in [2.05, 4.69) is 26.1 Å². The molecular formula is C16H33NO2. The molecule has 2 atom stereocenters. The highest BCUT2D eigenvalue weighted by Crippen LogP contribution is 2.17. The van der Waals surface area contributed by atoms with Crippen LogP contribution >= 0.6 is 0 Å².